The minimum absolute atomic E-state index is 0. The van der Waals surface area contributed by atoms with E-state index in [2.05, 4.69) is 77.1 Å². The van der Waals surface area contributed by atoms with Crippen molar-refractivity contribution in [1.29, 1.82) is 0 Å². The Hall–Kier alpha value is -1.80. The fraction of sp³-hybridized carbons (Fsp3) is 0.435. The smallest absolute Gasteiger partial charge is 0.191 e. The van der Waals surface area contributed by atoms with Gasteiger partial charge >= 0.3 is 0 Å². The molecule has 158 valence electrons. The van der Waals surface area contributed by atoms with Crippen LogP contribution < -0.4 is 15.5 Å². The zero-order valence-electron chi connectivity index (χ0n) is 17.3. The predicted octanol–water partition coefficient (Wildman–Crippen LogP) is 3.83. The lowest BCUT2D eigenvalue weighted by molar-refractivity contribution is 0.122. The molecule has 0 unspecified atom stereocenters. The van der Waals surface area contributed by atoms with Gasteiger partial charge in [0.25, 0.3) is 0 Å². The number of hydrogen-bond donors (Lipinski definition) is 2. The van der Waals surface area contributed by atoms with Gasteiger partial charge in [-0.2, -0.15) is 0 Å². The number of ether oxygens (including phenoxy) is 1. The number of morpholine rings is 1. The first-order valence-electron chi connectivity index (χ1n) is 10.3. The first kappa shape index (κ1) is 23.5. The fourth-order valence-electron chi connectivity index (χ4n) is 3.41. The summed E-state index contributed by atoms with van der Waals surface area (Å²) in [7, 11) is 0. The number of aliphatic imine (C=N–C) groups is 1. The van der Waals surface area contributed by atoms with Crippen molar-refractivity contribution in [2.75, 3.05) is 44.3 Å². The molecule has 1 aliphatic rings. The Balaban J connectivity index is 0.00000300. The van der Waals surface area contributed by atoms with Crippen molar-refractivity contribution in [3.63, 3.8) is 0 Å². The summed E-state index contributed by atoms with van der Waals surface area (Å²) in [4.78, 5) is 7.22. The lowest BCUT2D eigenvalue weighted by Crippen LogP contribution is -2.38. The summed E-state index contributed by atoms with van der Waals surface area (Å²) >= 11 is 0. The average Bonchev–Trinajstić information content (AvgIpc) is 2.76. The highest BCUT2D eigenvalue weighted by Crippen LogP contribution is 2.22. The molecule has 0 aromatic heterocycles. The van der Waals surface area contributed by atoms with Gasteiger partial charge in [0.15, 0.2) is 5.96 Å². The summed E-state index contributed by atoms with van der Waals surface area (Å²) in [5.41, 5.74) is 3.91. The summed E-state index contributed by atoms with van der Waals surface area (Å²) in [6, 6.07) is 19.2. The van der Waals surface area contributed by atoms with Crippen molar-refractivity contribution in [3.8, 4) is 0 Å². The molecule has 3 rings (SSSR count). The molecule has 0 aliphatic carbocycles. The monoisotopic (exact) mass is 508 g/mol. The molecule has 29 heavy (non-hydrogen) atoms. The second-order valence-corrected chi connectivity index (χ2v) is 6.94. The molecule has 5 nitrogen and oxygen atoms in total. The number of nitrogens with one attached hydrogen (secondary N) is 2. The van der Waals surface area contributed by atoms with E-state index in [9.17, 15) is 0 Å². The van der Waals surface area contributed by atoms with Crippen molar-refractivity contribution in [2.24, 2.45) is 4.99 Å². The number of aryl methyl sites for hydroxylation is 1. The number of anilines is 1. The Kier molecular flexibility index (Phi) is 10.9. The molecule has 2 N–H and O–H groups in total. The Labute approximate surface area is 192 Å². The second kappa shape index (κ2) is 13.4. The van der Waals surface area contributed by atoms with Crippen LogP contribution in [-0.2, 0) is 17.7 Å². The number of hydrogen-bond acceptors (Lipinski definition) is 3. The fourth-order valence-corrected chi connectivity index (χ4v) is 3.41. The Bertz CT molecular complexity index is 733. The molecule has 1 saturated heterocycles. The van der Waals surface area contributed by atoms with E-state index in [1.807, 2.05) is 0 Å². The highest BCUT2D eigenvalue weighted by atomic mass is 127. The highest BCUT2D eigenvalue weighted by molar-refractivity contribution is 14.0. The van der Waals surface area contributed by atoms with Crippen LogP contribution in [0, 0.1) is 0 Å². The number of nitrogens with zero attached hydrogens (tertiary/aromatic N) is 2. The number of guanidine groups is 1. The molecule has 0 bridgehead atoms. The van der Waals surface area contributed by atoms with Crippen LogP contribution in [0.15, 0.2) is 59.6 Å². The van der Waals surface area contributed by atoms with Gasteiger partial charge < -0.3 is 20.3 Å². The Morgan fingerprint density at radius 1 is 1.00 bits per heavy atom. The largest absolute Gasteiger partial charge is 0.378 e. The van der Waals surface area contributed by atoms with Crippen molar-refractivity contribution in [2.45, 2.75) is 26.3 Å². The quantitative estimate of drug-likeness (QED) is 0.246. The van der Waals surface area contributed by atoms with E-state index in [-0.39, 0.29) is 24.0 Å². The van der Waals surface area contributed by atoms with Gasteiger partial charge in [-0.15, -0.1) is 24.0 Å². The SMILES string of the molecule is CCNC(=NCc1ccccc1N1CCOCC1)NCCCc1ccccc1.I. The first-order valence-corrected chi connectivity index (χ1v) is 10.3. The third-order valence-electron chi connectivity index (χ3n) is 4.87. The zero-order chi connectivity index (χ0) is 19.4. The molecule has 2 aromatic carbocycles. The van der Waals surface area contributed by atoms with E-state index >= 15 is 0 Å². The molecule has 0 amide bonds. The van der Waals surface area contributed by atoms with Crippen molar-refractivity contribution in [1.82, 2.24) is 10.6 Å². The molecule has 1 aliphatic heterocycles. The van der Waals surface area contributed by atoms with Gasteiger partial charge in [0.2, 0.25) is 0 Å². The summed E-state index contributed by atoms with van der Waals surface area (Å²) in [6.45, 7) is 8.01. The Morgan fingerprint density at radius 3 is 2.48 bits per heavy atom. The van der Waals surface area contributed by atoms with Gasteiger partial charge in [0.05, 0.1) is 19.8 Å². The molecule has 0 saturated carbocycles. The zero-order valence-corrected chi connectivity index (χ0v) is 19.6. The van der Waals surface area contributed by atoms with Crippen molar-refractivity contribution >= 4 is 35.6 Å². The van der Waals surface area contributed by atoms with E-state index in [1.165, 1.54) is 16.8 Å². The number of benzene rings is 2. The topological polar surface area (TPSA) is 48.9 Å². The average molecular weight is 508 g/mol. The van der Waals surface area contributed by atoms with E-state index in [1.54, 1.807) is 0 Å². The van der Waals surface area contributed by atoms with Crippen LogP contribution in [0.5, 0.6) is 0 Å². The molecule has 1 heterocycles. The lowest BCUT2D eigenvalue weighted by Gasteiger charge is -2.30. The maximum atomic E-state index is 5.49. The standard InChI is InChI=1S/C23H32N4O.HI/c1-2-24-23(25-14-8-11-20-9-4-3-5-10-20)26-19-21-12-6-7-13-22(21)27-15-17-28-18-16-27;/h3-7,9-10,12-13H,2,8,11,14-19H2,1H3,(H2,24,25,26);1H. The number of rotatable bonds is 8. The van der Waals surface area contributed by atoms with Crippen LogP contribution in [0.2, 0.25) is 0 Å². The predicted molar refractivity (Wildman–Crippen MR) is 132 cm³/mol. The van der Waals surface area contributed by atoms with Gasteiger partial charge in [-0.1, -0.05) is 48.5 Å². The lowest BCUT2D eigenvalue weighted by atomic mass is 10.1. The second-order valence-electron chi connectivity index (χ2n) is 6.94. The number of para-hydroxylation sites is 1. The number of halogens is 1. The maximum absolute atomic E-state index is 5.49. The van der Waals surface area contributed by atoms with Gasteiger partial charge in [0.1, 0.15) is 0 Å². The minimum Gasteiger partial charge on any atom is -0.378 e. The molecule has 1 fully saturated rings. The minimum atomic E-state index is 0. The van der Waals surface area contributed by atoms with Crippen LogP contribution >= 0.6 is 24.0 Å². The van der Waals surface area contributed by atoms with Gasteiger partial charge in [0, 0.05) is 31.9 Å². The van der Waals surface area contributed by atoms with Gasteiger partial charge in [-0.05, 0) is 37.0 Å². The molecule has 0 spiro atoms. The molecular formula is C23H33IN4O. The van der Waals surface area contributed by atoms with E-state index < -0.39 is 0 Å². The van der Waals surface area contributed by atoms with Crippen LogP contribution in [0.3, 0.4) is 0 Å². The summed E-state index contributed by atoms with van der Waals surface area (Å²) in [6.07, 6.45) is 2.16. The summed E-state index contributed by atoms with van der Waals surface area (Å²) in [5.74, 6) is 0.882. The van der Waals surface area contributed by atoms with Crippen molar-refractivity contribution in [3.05, 3.63) is 65.7 Å². The van der Waals surface area contributed by atoms with Gasteiger partial charge in [-0.3, -0.25) is 0 Å². The molecular weight excluding hydrogens is 475 g/mol. The van der Waals surface area contributed by atoms with Crippen LogP contribution in [-0.4, -0.2) is 45.4 Å². The normalized spacial score (nSPS) is 14.2. The van der Waals surface area contributed by atoms with E-state index in [4.69, 9.17) is 9.73 Å². The van der Waals surface area contributed by atoms with E-state index in [0.29, 0.717) is 6.54 Å². The first-order chi connectivity index (χ1) is 13.9. The van der Waals surface area contributed by atoms with Gasteiger partial charge in [-0.25, -0.2) is 4.99 Å². The molecule has 0 atom stereocenters. The summed E-state index contributed by atoms with van der Waals surface area (Å²) in [5, 5.41) is 6.82. The highest BCUT2D eigenvalue weighted by Gasteiger charge is 2.14. The van der Waals surface area contributed by atoms with E-state index in [0.717, 1.165) is 58.2 Å². The van der Waals surface area contributed by atoms with Crippen LogP contribution in [0.4, 0.5) is 5.69 Å². The molecule has 0 radical (unpaired) electrons. The third kappa shape index (κ3) is 7.85. The molecule has 2 aromatic rings. The molecule has 6 heteroatoms. The van der Waals surface area contributed by atoms with Crippen molar-refractivity contribution < 1.29 is 4.74 Å². The maximum Gasteiger partial charge on any atom is 0.191 e. The van der Waals surface area contributed by atoms with Crippen LogP contribution in [0.25, 0.3) is 0 Å². The summed E-state index contributed by atoms with van der Waals surface area (Å²) < 4.78 is 5.49. The Morgan fingerprint density at radius 2 is 1.72 bits per heavy atom. The van der Waals surface area contributed by atoms with Crippen LogP contribution in [0.1, 0.15) is 24.5 Å². The third-order valence-corrected chi connectivity index (χ3v) is 4.87.